The number of rotatable bonds is 13. The molecule has 0 fully saturated rings. The molecule has 0 aliphatic carbocycles. The number of nitrogens with zero attached hydrogens (tertiary/aromatic N) is 2. The van der Waals surface area contributed by atoms with Crippen LogP contribution in [0.2, 0.25) is 0 Å². The first-order valence-electron chi connectivity index (χ1n) is 12.9. The van der Waals surface area contributed by atoms with Crippen molar-refractivity contribution < 1.29 is 58.9 Å². The van der Waals surface area contributed by atoms with Crippen molar-refractivity contribution in [3.05, 3.63) is 82.4 Å². The molecular weight excluding hydrogens is 512 g/mol. The molecule has 0 bridgehead atoms. The van der Waals surface area contributed by atoms with Gasteiger partial charge in [-0.3, -0.25) is 4.79 Å². The molecule has 0 radical (unpaired) electrons. The van der Waals surface area contributed by atoms with Gasteiger partial charge in [0.2, 0.25) is 0 Å². The summed E-state index contributed by atoms with van der Waals surface area (Å²) < 4.78 is 15.2. The number of nitrogens with one attached hydrogen (secondary N) is 1. The summed E-state index contributed by atoms with van der Waals surface area (Å²) in [6, 6.07) is 13.7. The van der Waals surface area contributed by atoms with Crippen LogP contribution in [0.5, 0.6) is 0 Å². The zero-order chi connectivity index (χ0) is 27.8. The summed E-state index contributed by atoms with van der Waals surface area (Å²) in [6.07, 6.45) is -1.48. The summed E-state index contributed by atoms with van der Waals surface area (Å²) in [5.41, 5.74) is 4.35. The van der Waals surface area contributed by atoms with Crippen LogP contribution in [0, 0.1) is 5.82 Å². The smallest absolute Gasteiger partial charge is 0.550 e. The Morgan fingerprint density at radius 2 is 1.64 bits per heavy atom. The van der Waals surface area contributed by atoms with Crippen molar-refractivity contribution in [3.63, 3.8) is 0 Å². The molecule has 2 atom stereocenters. The molecule has 39 heavy (non-hydrogen) atoms. The molecule has 2 aromatic carbocycles. The van der Waals surface area contributed by atoms with Gasteiger partial charge in [-0.05, 0) is 67.0 Å². The van der Waals surface area contributed by atoms with Crippen molar-refractivity contribution in [1.82, 2.24) is 15.1 Å². The molecule has 0 saturated carbocycles. The van der Waals surface area contributed by atoms with Gasteiger partial charge >= 0.3 is 29.6 Å². The number of carbonyl (C=O) groups is 2. The second kappa shape index (κ2) is 15.3. The number of aryl methyl sites for hydroxylation is 1. The van der Waals surface area contributed by atoms with Crippen LogP contribution in [0.15, 0.2) is 48.5 Å². The minimum atomic E-state index is -1.39. The van der Waals surface area contributed by atoms with Gasteiger partial charge < -0.3 is 25.4 Å². The Morgan fingerprint density at radius 1 is 1.03 bits per heavy atom. The maximum atomic E-state index is 13.6. The van der Waals surface area contributed by atoms with Gasteiger partial charge in [0.25, 0.3) is 5.91 Å². The molecule has 0 aliphatic heterocycles. The Labute approximate surface area is 250 Å². The molecule has 1 amide bonds. The van der Waals surface area contributed by atoms with Crippen LogP contribution in [0.25, 0.3) is 5.69 Å². The van der Waals surface area contributed by atoms with Crippen LogP contribution in [0.1, 0.15) is 78.8 Å². The zero-order valence-electron chi connectivity index (χ0n) is 23.0. The molecule has 8 nitrogen and oxygen atoms in total. The fraction of sp³-hybridized carbons (Fsp3) is 0.414. The third-order valence-electron chi connectivity index (χ3n) is 6.43. The number of halogens is 1. The van der Waals surface area contributed by atoms with E-state index in [0.29, 0.717) is 29.9 Å². The normalized spacial score (nSPS) is 12.6. The Morgan fingerprint density at radius 3 is 2.21 bits per heavy atom. The van der Waals surface area contributed by atoms with Crippen LogP contribution >= 0.6 is 0 Å². The van der Waals surface area contributed by atoms with Gasteiger partial charge in [-0.15, -0.1) is 0 Å². The predicted molar refractivity (Wildman–Crippen MR) is 139 cm³/mol. The van der Waals surface area contributed by atoms with Gasteiger partial charge in [0.1, 0.15) is 5.82 Å². The number of hydrogen-bond acceptors (Lipinski definition) is 6. The zero-order valence-corrected chi connectivity index (χ0v) is 25.0. The Kier molecular flexibility index (Phi) is 12.8. The van der Waals surface area contributed by atoms with E-state index in [1.54, 1.807) is 16.8 Å². The van der Waals surface area contributed by atoms with E-state index in [-0.39, 0.29) is 59.9 Å². The summed E-state index contributed by atoms with van der Waals surface area (Å²) in [5.74, 6) is -2.24. The quantitative estimate of drug-likeness (QED) is 0.255. The van der Waals surface area contributed by atoms with E-state index in [1.165, 1.54) is 17.7 Å². The van der Waals surface area contributed by atoms with Gasteiger partial charge in [-0.25, -0.2) is 9.07 Å². The monoisotopic (exact) mass is 547 g/mol. The number of carboxylic acid groups (broad SMARTS) is 1. The van der Waals surface area contributed by atoms with Crippen molar-refractivity contribution in [3.8, 4) is 5.69 Å². The minimum Gasteiger partial charge on any atom is -0.550 e. The number of carbonyl (C=O) groups excluding carboxylic acids is 2. The first-order valence-corrected chi connectivity index (χ1v) is 12.9. The van der Waals surface area contributed by atoms with E-state index < -0.39 is 30.4 Å². The van der Waals surface area contributed by atoms with Crippen LogP contribution in [-0.2, 0) is 24.2 Å². The van der Waals surface area contributed by atoms with E-state index >= 15 is 0 Å². The van der Waals surface area contributed by atoms with Crippen LogP contribution in [-0.4, -0.2) is 44.1 Å². The molecule has 3 N–H and O–H groups in total. The van der Waals surface area contributed by atoms with Crippen LogP contribution < -0.4 is 40.0 Å². The second-order valence-corrected chi connectivity index (χ2v) is 9.76. The number of amides is 1. The molecule has 1 aromatic heterocycles. The van der Waals surface area contributed by atoms with E-state index in [4.69, 9.17) is 0 Å². The van der Waals surface area contributed by atoms with Gasteiger partial charge in [-0.1, -0.05) is 45.0 Å². The maximum absolute atomic E-state index is 13.6. The van der Waals surface area contributed by atoms with Crippen molar-refractivity contribution >= 4 is 11.9 Å². The molecule has 1 heterocycles. The van der Waals surface area contributed by atoms with Crippen molar-refractivity contribution in [2.75, 3.05) is 0 Å². The van der Waals surface area contributed by atoms with Gasteiger partial charge in [-0.2, -0.15) is 5.10 Å². The summed E-state index contributed by atoms with van der Waals surface area (Å²) in [7, 11) is 0. The van der Waals surface area contributed by atoms with Crippen LogP contribution in [0.3, 0.4) is 0 Å². The SMILES string of the molecule is CCc1ccc(CNC(=O)c2nn(-c3ccc(F)cc3)c(CC[C@@H](O)C[C@@H](O)CC(=O)[O-])c2C(C)C)cc1.[Na+]. The fourth-order valence-corrected chi connectivity index (χ4v) is 4.45. The van der Waals surface area contributed by atoms with E-state index in [1.807, 2.05) is 38.1 Å². The molecule has 204 valence electrons. The second-order valence-electron chi connectivity index (χ2n) is 9.76. The van der Waals surface area contributed by atoms with Gasteiger partial charge in [0, 0.05) is 30.2 Å². The summed E-state index contributed by atoms with van der Waals surface area (Å²) >= 11 is 0. The molecule has 3 rings (SSSR count). The van der Waals surface area contributed by atoms with Crippen LogP contribution in [0.4, 0.5) is 4.39 Å². The summed E-state index contributed by atoms with van der Waals surface area (Å²) in [6.45, 7) is 6.29. The molecule has 0 unspecified atom stereocenters. The molecule has 0 spiro atoms. The van der Waals surface area contributed by atoms with Gasteiger partial charge in [0.05, 0.1) is 17.9 Å². The Balaban J connectivity index is 0.00000533. The molecule has 10 heteroatoms. The number of benzene rings is 2. The van der Waals surface area contributed by atoms with E-state index in [0.717, 1.165) is 12.0 Å². The topological polar surface area (TPSA) is 128 Å². The average molecular weight is 548 g/mol. The average Bonchev–Trinajstić information content (AvgIpc) is 3.26. The molecular formula is C29H35FN3NaO5. The standard InChI is InChI=1S/C29H36FN3O5.Na/c1-4-19-5-7-20(8-6-19)17-31-29(38)28-27(18(2)3)25(14-13-23(34)15-24(35)16-26(36)37)33(32-28)22-11-9-21(30)10-12-22;/h5-12,18,23-24,34-35H,4,13-17H2,1-3H3,(H,31,38)(H,36,37);/q;+1/p-1/t23-,24-;/m1./s1. The molecule has 3 aromatic rings. The number of carboxylic acids is 1. The number of hydrogen-bond donors (Lipinski definition) is 3. The third kappa shape index (κ3) is 9.25. The Hall–Kier alpha value is -2.56. The largest absolute Gasteiger partial charge is 1.00 e. The predicted octanol–water partition coefficient (Wildman–Crippen LogP) is -0.184. The number of aliphatic hydroxyl groups excluding tert-OH is 2. The van der Waals surface area contributed by atoms with E-state index in [2.05, 4.69) is 17.3 Å². The maximum Gasteiger partial charge on any atom is 1.00 e. The number of aliphatic carboxylic acids is 1. The van der Waals surface area contributed by atoms with Gasteiger partial charge in [0.15, 0.2) is 5.69 Å². The summed E-state index contributed by atoms with van der Waals surface area (Å²) in [4.78, 5) is 24.0. The minimum absolute atomic E-state index is 0. The number of aliphatic hydroxyl groups is 2. The number of aromatic nitrogens is 2. The van der Waals surface area contributed by atoms with E-state index in [9.17, 15) is 29.3 Å². The first kappa shape index (κ1) is 32.7. The molecule has 0 aliphatic rings. The fourth-order valence-electron chi connectivity index (χ4n) is 4.45. The molecule has 0 saturated heterocycles. The van der Waals surface area contributed by atoms with Crippen molar-refractivity contribution in [1.29, 1.82) is 0 Å². The van der Waals surface area contributed by atoms with Crippen molar-refractivity contribution in [2.45, 2.75) is 77.5 Å². The summed E-state index contributed by atoms with van der Waals surface area (Å²) in [5, 5.41) is 38.6. The third-order valence-corrected chi connectivity index (χ3v) is 6.43. The first-order chi connectivity index (χ1) is 18.1. The Bertz CT molecular complexity index is 1230. The van der Waals surface area contributed by atoms with Crippen molar-refractivity contribution in [2.24, 2.45) is 0 Å².